The van der Waals surface area contributed by atoms with Gasteiger partial charge in [-0.05, 0) is 41.5 Å². The standard InChI is InChI=1S/C16H15Cl2NO2/c17-13-2-3-14(18)12(8-13)10-19-9-11-1-4-15-16(7-11)21-6-5-20-15/h1-4,7-8,19H,5-6,9-10H2. The summed E-state index contributed by atoms with van der Waals surface area (Å²) in [5, 5.41) is 4.76. The Balaban J connectivity index is 1.61. The first-order valence-electron chi connectivity index (χ1n) is 6.75. The van der Waals surface area contributed by atoms with Gasteiger partial charge in [0.2, 0.25) is 0 Å². The SMILES string of the molecule is Clc1ccc(Cl)c(CNCc2ccc3c(c2)OCCO3)c1. The van der Waals surface area contributed by atoms with Gasteiger partial charge in [-0.25, -0.2) is 0 Å². The van der Waals surface area contributed by atoms with Crippen molar-refractivity contribution in [1.29, 1.82) is 0 Å². The fourth-order valence-electron chi connectivity index (χ4n) is 2.22. The fourth-order valence-corrected chi connectivity index (χ4v) is 2.60. The Kier molecular flexibility index (Phi) is 4.54. The Morgan fingerprint density at radius 3 is 2.57 bits per heavy atom. The van der Waals surface area contributed by atoms with Crippen LogP contribution in [0.4, 0.5) is 0 Å². The molecular weight excluding hydrogens is 309 g/mol. The zero-order valence-electron chi connectivity index (χ0n) is 11.4. The van der Waals surface area contributed by atoms with Crippen molar-refractivity contribution < 1.29 is 9.47 Å². The molecule has 0 fully saturated rings. The van der Waals surface area contributed by atoms with Crippen LogP contribution < -0.4 is 14.8 Å². The highest BCUT2D eigenvalue weighted by atomic mass is 35.5. The van der Waals surface area contributed by atoms with E-state index in [9.17, 15) is 0 Å². The summed E-state index contributed by atoms with van der Waals surface area (Å²) in [5.74, 6) is 1.62. The molecule has 0 aliphatic carbocycles. The smallest absolute Gasteiger partial charge is 0.161 e. The number of ether oxygens (including phenoxy) is 2. The third kappa shape index (κ3) is 3.62. The molecule has 0 bridgehead atoms. The van der Waals surface area contributed by atoms with E-state index < -0.39 is 0 Å². The number of fused-ring (bicyclic) bond motifs is 1. The maximum atomic E-state index is 6.14. The highest BCUT2D eigenvalue weighted by molar-refractivity contribution is 6.33. The lowest BCUT2D eigenvalue weighted by atomic mass is 10.1. The summed E-state index contributed by atoms with van der Waals surface area (Å²) in [6.07, 6.45) is 0. The van der Waals surface area contributed by atoms with E-state index in [1.165, 1.54) is 0 Å². The topological polar surface area (TPSA) is 30.5 Å². The third-order valence-electron chi connectivity index (χ3n) is 3.26. The van der Waals surface area contributed by atoms with E-state index in [2.05, 4.69) is 5.32 Å². The van der Waals surface area contributed by atoms with Crippen LogP contribution in [0.1, 0.15) is 11.1 Å². The first kappa shape index (κ1) is 14.5. The molecule has 5 heteroatoms. The number of halogens is 2. The van der Waals surface area contributed by atoms with Gasteiger partial charge >= 0.3 is 0 Å². The average Bonchev–Trinajstić information content (AvgIpc) is 2.50. The summed E-state index contributed by atoms with van der Waals surface area (Å²) in [7, 11) is 0. The van der Waals surface area contributed by atoms with Crippen LogP contribution in [-0.2, 0) is 13.1 Å². The van der Waals surface area contributed by atoms with Gasteiger partial charge in [-0.2, -0.15) is 0 Å². The van der Waals surface area contributed by atoms with Crippen LogP contribution in [0.5, 0.6) is 11.5 Å². The molecule has 0 atom stereocenters. The highest BCUT2D eigenvalue weighted by Gasteiger charge is 2.11. The Hall–Kier alpha value is -1.42. The van der Waals surface area contributed by atoms with Crippen molar-refractivity contribution in [2.45, 2.75) is 13.1 Å². The molecule has 0 aromatic heterocycles. The maximum absolute atomic E-state index is 6.14. The summed E-state index contributed by atoms with van der Waals surface area (Å²) in [6, 6.07) is 11.4. The van der Waals surface area contributed by atoms with Crippen LogP contribution in [0, 0.1) is 0 Å². The summed E-state index contributed by atoms with van der Waals surface area (Å²) in [6.45, 7) is 2.59. The molecule has 0 amide bonds. The Morgan fingerprint density at radius 2 is 1.71 bits per heavy atom. The molecule has 2 aromatic carbocycles. The molecule has 0 saturated heterocycles. The minimum atomic E-state index is 0.599. The summed E-state index contributed by atoms with van der Waals surface area (Å²) >= 11 is 12.1. The number of hydrogen-bond acceptors (Lipinski definition) is 3. The number of benzene rings is 2. The molecule has 0 spiro atoms. The third-order valence-corrected chi connectivity index (χ3v) is 3.86. The zero-order chi connectivity index (χ0) is 14.7. The molecule has 1 aliphatic rings. The van der Waals surface area contributed by atoms with E-state index >= 15 is 0 Å². The van der Waals surface area contributed by atoms with Gasteiger partial charge in [0.25, 0.3) is 0 Å². The monoisotopic (exact) mass is 323 g/mol. The van der Waals surface area contributed by atoms with Crippen LogP contribution in [0.3, 0.4) is 0 Å². The first-order valence-corrected chi connectivity index (χ1v) is 7.51. The maximum Gasteiger partial charge on any atom is 0.161 e. The molecule has 1 aliphatic heterocycles. The fraction of sp³-hybridized carbons (Fsp3) is 0.250. The normalized spacial score (nSPS) is 13.2. The minimum Gasteiger partial charge on any atom is -0.486 e. The molecule has 3 rings (SSSR count). The van der Waals surface area contributed by atoms with Gasteiger partial charge in [0.05, 0.1) is 0 Å². The zero-order valence-corrected chi connectivity index (χ0v) is 12.9. The van der Waals surface area contributed by atoms with Crippen LogP contribution in [0.25, 0.3) is 0 Å². The predicted molar refractivity (Wildman–Crippen MR) is 84.4 cm³/mol. The molecule has 0 radical (unpaired) electrons. The second-order valence-corrected chi connectivity index (χ2v) is 5.66. The molecule has 1 heterocycles. The molecule has 110 valence electrons. The van der Waals surface area contributed by atoms with Crippen molar-refractivity contribution in [1.82, 2.24) is 5.32 Å². The molecule has 0 saturated carbocycles. The Bertz CT molecular complexity index is 646. The van der Waals surface area contributed by atoms with E-state index in [-0.39, 0.29) is 0 Å². The lowest BCUT2D eigenvalue weighted by Crippen LogP contribution is -2.16. The van der Waals surface area contributed by atoms with Gasteiger partial charge < -0.3 is 14.8 Å². The number of nitrogens with one attached hydrogen (secondary N) is 1. The van der Waals surface area contributed by atoms with Gasteiger partial charge in [-0.15, -0.1) is 0 Å². The first-order chi connectivity index (χ1) is 10.2. The second kappa shape index (κ2) is 6.56. The van der Waals surface area contributed by atoms with Gasteiger partial charge in [0.1, 0.15) is 13.2 Å². The van der Waals surface area contributed by atoms with Gasteiger partial charge in [0, 0.05) is 23.1 Å². The minimum absolute atomic E-state index is 0.599. The second-order valence-electron chi connectivity index (χ2n) is 4.82. The summed E-state index contributed by atoms with van der Waals surface area (Å²) < 4.78 is 11.1. The lowest BCUT2D eigenvalue weighted by Gasteiger charge is -2.19. The van der Waals surface area contributed by atoms with E-state index in [1.807, 2.05) is 30.3 Å². The van der Waals surface area contributed by atoms with Crippen LogP contribution in [0.2, 0.25) is 10.0 Å². The molecule has 1 N–H and O–H groups in total. The largest absolute Gasteiger partial charge is 0.486 e. The highest BCUT2D eigenvalue weighted by Crippen LogP contribution is 2.30. The number of hydrogen-bond donors (Lipinski definition) is 1. The van der Waals surface area contributed by atoms with Crippen molar-refractivity contribution in [3.63, 3.8) is 0 Å². The quantitative estimate of drug-likeness (QED) is 0.920. The van der Waals surface area contributed by atoms with Crippen LogP contribution in [-0.4, -0.2) is 13.2 Å². The number of rotatable bonds is 4. The molecule has 3 nitrogen and oxygen atoms in total. The summed E-state index contributed by atoms with van der Waals surface area (Å²) in [5.41, 5.74) is 2.12. The van der Waals surface area contributed by atoms with Crippen molar-refractivity contribution in [2.24, 2.45) is 0 Å². The Labute approximate surface area is 133 Å². The summed E-state index contributed by atoms with van der Waals surface area (Å²) in [4.78, 5) is 0. The van der Waals surface area contributed by atoms with Crippen molar-refractivity contribution in [3.05, 3.63) is 57.6 Å². The van der Waals surface area contributed by atoms with E-state index in [1.54, 1.807) is 6.07 Å². The van der Waals surface area contributed by atoms with E-state index in [0.29, 0.717) is 29.8 Å². The molecular formula is C16H15Cl2NO2. The molecule has 21 heavy (non-hydrogen) atoms. The van der Waals surface area contributed by atoms with E-state index in [4.69, 9.17) is 32.7 Å². The van der Waals surface area contributed by atoms with Gasteiger partial charge in [0.15, 0.2) is 11.5 Å². The van der Waals surface area contributed by atoms with Crippen molar-refractivity contribution in [2.75, 3.05) is 13.2 Å². The lowest BCUT2D eigenvalue weighted by molar-refractivity contribution is 0.171. The predicted octanol–water partition coefficient (Wildman–Crippen LogP) is 4.05. The Morgan fingerprint density at radius 1 is 0.905 bits per heavy atom. The van der Waals surface area contributed by atoms with Crippen molar-refractivity contribution >= 4 is 23.2 Å². The van der Waals surface area contributed by atoms with Gasteiger partial charge in [-0.1, -0.05) is 29.3 Å². The van der Waals surface area contributed by atoms with Crippen molar-refractivity contribution in [3.8, 4) is 11.5 Å². The molecule has 2 aromatic rings. The average molecular weight is 324 g/mol. The molecule has 0 unspecified atom stereocenters. The van der Waals surface area contributed by atoms with Crippen LogP contribution in [0.15, 0.2) is 36.4 Å². The van der Waals surface area contributed by atoms with Crippen LogP contribution >= 0.6 is 23.2 Å². The van der Waals surface area contributed by atoms with Gasteiger partial charge in [-0.3, -0.25) is 0 Å². The van der Waals surface area contributed by atoms with E-state index in [0.717, 1.165) is 29.2 Å².